The Morgan fingerprint density at radius 1 is 1.45 bits per heavy atom. The molecule has 1 heterocycles. The van der Waals surface area contributed by atoms with Crippen molar-refractivity contribution < 1.29 is 9.53 Å². The fraction of sp³-hybridized carbons (Fsp3) is 0.643. The van der Waals surface area contributed by atoms with E-state index in [0.29, 0.717) is 18.1 Å². The Morgan fingerprint density at radius 3 is 2.80 bits per heavy atom. The van der Waals surface area contributed by atoms with Gasteiger partial charge in [-0.2, -0.15) is 0 Å². The lowest BCUT2D eigenvalue weighted by molar-refractivity contribution is -0.140. The molecular weight excluding hydrogens is 274 g/mol. The van der Waals surface area contributed by atoms with Crippen LogP contribution in [-0.2, 0) is 9.53 Å². The van der Waals surface area contributed by atoms with E-state index in [1.54, 1.807) is 18.1 Å². The number of nitrogens with zero attached hydrogens (tertiary/aromatic N) is 2. The smallest absolute Gasteiger partial charge is 0.306 e. The molecule has 0 aromatic carbocycles. The summed E-state index contributed by atoms with van der Waals surface area (Å²) in [5.74, 6) is 1.70. The van der Waals surface area contributed by atoms with Gasteiger partial charge in [-0.25, -0.2) is 9.97 Å². The van der Waals surface area contributed by atoms with Gasteiger partial charge in [0.1, 0.15) is 17.2 Å². The molecule has 0 spiro atoms. The van der Waals surface area contributed by atoms with Crippen LogP contribution in [0.1, 0.15) is 45.1 Å². The molecule has 112 valence electrons. The number of nitrogens with one attached hydrogen (secondary N) is 1. The van der Waals surface area contributed by atoms with E-state index >= 15 is 0 Å². The average molecular weight is 297 g/mol. The van der Waals surface area contributed by atoms with Gasteiger partial charge in [0.05, 0.1) is 13.5 Å². The molecule has 0 atom stereocenters. The van der Waals surface area contributed by atoms with Crippen molar-refractivity contribution in [2.75, 3.05) is 24.7 Å². The lowest BCUT2D eigenvalue weighted by Gasteiger charge is -2.16. The first-order valence-electron chi connectivity index (χ1n) is 6.88. The number of carbonyl (C=O) groups is 1. The Morgan fingerprint density at radius 2 is 2.20 bits per heavy atom. The van der Waals surface area contributed by atoms with Crippen molar-refractivity contribution in [2.24, 2.45) is 0 Å². The fourth-order valence-corrected chi connectivity index (χ4v) is 2.80. The standard InChI is InChI=1S/C14H23N3O2S/c1-5-7-15-13-12(10(2)3)14(17-9-16-13)20-8-6-11(18)19-4/h9-10H,5-8H2,1-4H3,(H,15,16,17). The van der Waals surface area contributed by atoms with Crippen molar-refractivity contribution in [3.8, 4) is 0 Å². The molecular formula is C14H23N3O2S. The topological polar surface area (TPSA) is 64.1 Å². The summed E-state index contributed by atoms with van der Waals surface area (Å²) < 4.78 is 4.65. The van der Waals surface area contributed by atoms with E-state index in [1.807, 2.05) is 0 Å². The molecule has 0 saturated heterocycles. The van der Waals surface area contributed by atoms with E-state index in [-0.39, 0.29) is 5.97 Å². The number of methoxy groups -OCH3 is 1. The second-order valence-corrected chi connectivity index (χ2v) is 5.78. The predicted molar refractivity (Wildman–Crippen MR) is 82.3 cm³/mol. The highest BCUT2D eigenvalue weighted by Crippen LogP contribution is 2.31. The van der Waals surface area contributed by atoms with Crippen LogP contribution >= 0.6 is 11.8 Å². The van der Waals surface area contributed by atoms with Crippen molar-refractivity contribution in [2.45, 2.75) is 44.6 Å². The first-order chi connectivity index (χ1) is 9.60. The summed E-state index contributed by atoms with van der Waals surface area (Å²) in [5, 5.41) is 4.28. The van der Waals surface area contributed by atoms with Gasteiger partial charge in [0, 0.05) is 17.9 Å². The van der Waals surface area contributed by atoms with Crippen molar-refractivity contribution in [3.63, 3.8) is 0 Å². The number of rotatable bonds is 8. The zero-order chi connectivity index (χ0) is 15.0. The lowest BCUT2D eigenvalue weighted by Crippen LogP contribution is -2.09. The zero-order valence-corrected chi connectivity index (χ0v) is 13.4. The Labute approximate surface area is 124 Å². The van der Waals surface area contributed by atoms with Crippen LogP contribution in [0.4, 0.5) is 5.82 Å². The van der Waals surface area contributed by atoms with Gasteiger partial charge >= 0.3 is 5.97 Å². The number of thioether (sulfide) groups is 1. The number of carbonyl (C=O) groups excluding carboxylic acids is 1. The number of anilines is 1. The van der Waals surface area contributed by atoms with Crippen LogP contribution in [-0.4, -0.2) is 35.3 Å². The number of ether oxygens (including phenoxy) is 1. The number of esters is 1. The van der Waals surface area contributed by atoms with Crippen LogP contribution in [0.15, 0.2) is 11.4 Å². The van der Waals surface area contributed by atoms with Gasteiger partial charge in [0.15, 0.2) is 0 Å². The highest BCUT2D eigenvalue weighted by molar-refractivity contribution is 7.99. The largest absolute Gasteiger partial charge is 0.469 e. The van der Waals surface area contributed by atoms with E-state index < -0.39 is 0 Å². The molecule has 20 heavy (non-hydrogen) atoms. The maximum Gasteiger partial charge on any atom is 0.306 e. The van der Waals surface area contributed by atoms with Crippen LogP contribution < -0.4 is 5.32 Å². The minimum Gasteiger partial charge on any atom is -0.469 e. The van der Waals surface area contributed by atoms with E-state index in [2.05, 4.69) is 40.8 Å². The van der Waals surface area contributed by atoms with Crippen molar-refractivity contribution >= 4 is 23.5 Å². The first kappa shape index (κ1) is 16.8. The highest BCUT2D eigenvalue weighted by atomic mass is 32.2. The maximum atomic E-state index is 11.1. The van der Waals surface area contributed by atoms with Crippen LogP contribution in [0.5, 0.6) is 0 Å². The van der Waals surface area contributed by atoms with Gasteiger partial charge in [0.2, 0.25) is 0 Å². The van der Waals surface area contributed by atoms with Crippen LogP contribution in [0, 0.1) is 0 Å². The minimum absolute atomic E-state index is 0.193. The quantitative estimate of drug-likeness (QED) is 0.452. The summed E-state index contributed by atoms with van der Waals surface area (Å²) in [5.41, 5.74) is 1.12. The van der Waals surface area contributed by atoms with Gasteiger partial charge in [0.25, 0.3) is 0 Å². The van der Waals surface area contributed by atoms with E-state index in [0.717, 1.165) is 29.4 Å². The summed E-state index contributed by atoms with van der Waals surface area (Å²) in [6.07, 6.45) is 3.01. The molecule has 0 fully saturated rings. The van der Waals surface area contributed by atoms with Gasteiger partial charge in [-0.3, -0.25) is 4.79 Å². The molecule has 1 aromatic heterocycles. The van der Waals surface area contributed by atoms with Crippen LogP contribution in [0.2, 0.25) is 0 Å². The second-order valence-electron chi connectivity index (χ2n) is 4.70. The first-order valence-corrected chi connectivity index (χ1v) is 7.87. The van der Waals surface area contributed by atoms with Crippen molar-refractivity contribution in [3.05, 3.63) is 11.9 Å². The van der Waals surface area contributed by atoms with Crippen molar-refractivity contribution in [1.29, 1.82) is 0 Å². The Balaban J connectivity index is 2.80. The van der Waals surface area contributed by atoms with Gasteiger partial charge < -0.3 is 10.1 Å². The van der Waals surface area contributed by atoms with E-state index in [4.69, 9.17) is 0 Å². The molecule has 0 amide bonds. The molecule has 6 heteroatoms. The van der Waals surface area contributed by atoms with Gasteiger partial charge in [-0.15, -0.1) is 11.8 Å². The van der Waals surface area contributed by atoms with Crippen molar-refractivity contribution in [1.82, 2.24) is 9.97 Å². The summed E-state index contributed by atoms with van der Waals surface area (Å²) in [6.45, 7) is 7.26. The van der Waals surface area contributed by atoms with Crippen LogP contribution in [0.25, 0.3) is 0 Å². The molecule has 5 nitrogen and oxygen atoms in total. The monoisotopic (exact) mass is 297 g/mol. The third-order valence-corrected chi connectivity index (χ3v) is 3.75. The average Bonchev–Trinajstić information content (AvgIpc) is 2.44. The molecule has 0 bridgehead atoms. The van der Waals surface area contributed by atoms with E-state index in [1.165, 1.54) is 7.11 Å². The maximum absolute atomic E-state index is 11.1. The molecule has 1 aromatic rings. The third-order valence-electron chi connectivity index (χ3n) is 2.74. The molecule has 0 unspecified atom stereocenters. The lowest BCUT2D eigenvalue weighted by atomic mass is 10.1. The third kappa shape index (κ3) is 5.00. The molecule has 0 radical (unpaired) electrons. The SMILES string of the molecule is CCCNc1ncnc(SCCC(=O)OC)c1C(C)C. The highest BCUT2D eigenvalue weighted by Gasteiger charge is 2.15. The molecule has 1 rings (SSSR count). The Bertz CT molecular complexity index is 438. The number of hydrogen-bond acceptors (Lipinski definition) is 6. The summed E-state index contributed by atoms with van der Waals surface area (Å²) >= 11 is 1.57. The predicted octanol–water partition coefficient (Wildman–Crippen LogP) is 3.08. The van der Waals surface area contributed by atoms with E-state index in [9.17, 15) is 4.79 Å². The summed E-state index contributed by atoms with van der Waals surface area (Å²) in [7, 11) is 1.41. The fourth-order valence-electron chi connectivity index (χ4n) is 1.73. The molecule has 0 saturated carbocycles. The zero-order valence-electron chi connectivity index (χ0n) is 12.6. The Kier molecular flexibility index (Phi) is 7.36. The molecule has 1 N–H and O–H groups in total. The molecule has 0 aliphatic rings. The van der Waals surface area contributed by atoms with Crippen LogP contribution in [0.3, 0.4) is 0 Å². The molecule has 0 aliphatic carbocycles. The van der Waals surface area contributed by atoms with Gasteiger partial charge in [-0.1, -0.05) is 20.8 Å². The normalized spacial score (nSPS) is 10.7. The minimum atomic E-state index is -0.193. The Hall–Kier alpha value is -1.30. The van der Waals surface area contributed by atoms with Gasteiger partial charge in [-0.05, 0) is 12.3 Å². The summed E-state index contributed by atoms with van der Waals surface area (Å²) in [6, 6.07) is 0. The number of aromatic nitrogens is 2. The number of hydrogen-bond donors (Lipinski definition) is 1. The second kappa shape index (κ2) is 8.79. The molecule has 0 aliphatic heterocycles. The summed E-state index contributed by atoms with van der Waals surface area (Å²) in [4.78, 5) is 19.8.